The summed E-state index contributed by atoms with van der Waals surface area (Å²) in [5.41, 5.74) is 4.03. The largest absolute Gasteiger partial charge is 0.609 e. The lowest BCUT2D eigenvalue weighted by Gasteiger charge is -2.07. The monoisotopic (exact) mass is 270 g/mol. The van der Waals surface area contributed by atoms with E-state index in [1.165, 1.54) is 5.56 Å². The molecule has 0 radical (unpaired) electrons. The zero-order chi connectivity index (χ0) is 13.2. The van der Waals surface area contributed by atoms with Crippen molar-refractivity contribution in [2.75, 3.05) is 0 Å². The third-order valence-electron chi connectivity index (χ3n) is 2.96. The van der Waals surface area contributed by atoms with E-state index in [-0.39, 0.29) is 0 Å². The maximum absolute atomic E-state index is 12.3. The Labute approximate surface area is 114 Å². The molecule has 1 unspecified atom stereocenters. The molecule has 4 heteroatoms. The first-order chi connectivity index (χ1) is 9.22. The Bertz CT molecular complexity index is 675. The Morgan fingerprint density at radius 3 is 2.79 bits per heavy atom. The topological polar surface area (TPSA) is 51.7 Å². The number of nitrogens with zero attached hydrogens (tertiary/aromatic N) is 1. The van der Waals surface area contributed by atoms with Gasteiger partial charge in [0.05, 0.1) is 11.0 Å². The van der Waals surface area contributed by atoms with Crippen LogP contribution >= 0.6 is 0 Å². The van der Waals surface area contributed by atoms with Crippen LogP contribution in [0.3, 0.4) is 0 Å². The van der Waals surface area contributed by atoms with Crippen LogP contribution in [0, 0.1) is 6.92 Å². The number of rotatable bonds is 3. The molecule has 0 aliphatic rings. The second kappa shape index (κ2) is 5.07. The Morgan fingerprint density at radius 2 is 2.00 bits per heavy atom. The lowest BCUT2D eigenvalue weighted by molar-refractivity contribution is 0.587. The van der Waals surface area contributed by atoms with Crippen LogP contribution in [-0.2, 0) is 16.9 Å². The maximum Gasteiger partial charge on any atom is 0.321 e. The van der Waals surface area contributed by atoms with Crippen molar-refractivity contribution in [3.8, 4) is 0 Å². The van der Waals surface area contributed by atoms with Gasteiger partial charge in [-0.15, -0.1) is 0 Å². The van der Waals surface area contributed by atoms with Gasteiger partial charge in [0.15, 0.2) is 0 Å². The molecule has 0 spiro atoms. The number of aromatic nitrogens is 2. The van der Waals surface area contributed by atoms with Crippen molar-refractivity contribution in [2.24, 2.45) is 0 Å². The summed E-state index contributed by atoms with van der Waals surface area (Å²) < 4.78 is 12.3. The summed E-state index contributed by atoms with van der Waals surface area (Å²) in [6.07, 6.45) is 0. The molecule has 1 heterocycles. The maximum atomic E-state index is 12.3. The first-order valence-electron chi connectivity index (χ1n) is 6.11. The van der Waals surface area contributed by atoms with Crippen molar-refractivity contribution in [1.29, 1.82) is 0 Å². The number of benzene rings is 2. The fraction of sp³-hybridized carbons (Fsp3) is 0.133. The van der Waals surface area contributed by atoms with Crippen molar-refractivity contribution in [2.45, 2.75) is 17.8 Å². The SMILES string of the molecule is Cc1cccc(C[S+]([O-])c2nc3ccccc3[nH]2)c1. The number of para-hydroxylation sites is 2. The molecule has 0 aliphatic heterocycles. The highest BCUT2D eigenvalue weighted by Gasteiger charge is 2.16. The van der Waals surface area contributed by atoms with E-state index in [0.717, 1.165) is 16.6 Å². The highest BCUT2D eigenvalue weighted by molar-refractivity contribution is 7.90. The number of nitrogens with one attached hydrogen (secondary N) is 1. The third kappa shape index (κ3) is 2.64. The molecule has 0 aliphatic carbocycles. The van der Waals surface area contributed by atoms with E-state index in [2.05, 4.69) is 16.0 Å². The number of hydrogen-bond donors (Lipinski definition) is 1. The van der Waals surface area contributed by atoms with E-state index in [1.54, 1.807) is 0 Å². The second-order valence-corrected chi connectivity index (χ2v) is 5.90. The van der Waals surface area contributed by atoms with Crippen molar-refractivity contribution < 1.29 is 4.55 Å². The average molecular weight is 270 g/mol. The van der Waals surface area contributed by atoms with Crippen molar-refractivity contribution in [1.82, 2.24) is 9.97 Å². The summed E-state index contributed by atoms with van der Waals surface area (Å²) in [6, 6.07) is 15.8. The third-order valence-corrected chi connectivity index (χ3v) is 4.18. The van der Waals surface area contributed by atoms with Gasteiger partial charge < -0.3 is 4.55 Å². The predicted octanol–water partition coefficient (Wildman–Crippen LogP) is 3.18. The first-order valence-corrected chi connectivity index (χ1v) is 7.43. The standard InChI is InChI=1S/C15H14N2OS/c1-11-5-4-6-12(9-11)10-19(18)15-16-13-7-2-3-8-14(13)17-15/h2-9H,10H2,1H3,(H,16,17). The van der Waals surface area contributed by atoms with Crippen LogP contribution in [0.5, 0.6) is 0 Å². The minimum atomic E-state index is -1.14. The zero-order valence-corrected chi connectivity index (χ0v) is 11.4. The lowest BCUT2D eigenvalue weighted by Crippen LogP contribution is -2.07. The summed E-state index contributed by atoms with van der Waals surface area (Å²) in [5.74, 6) is 0.488. The molecular formula is C15H14N2OS. The second-order valence-electron chi connectivity index (χ2n) is 4.54. The zero-order valence-electron chi connectivity index (χ0n) is 10.6. The quantitative estimate of drug-likeness (QED) is 0.743. The number of aryl methyl sites for hydroxylation is 1. The smallest absolute Gasteiger partial charge is 0.321 e. The van der Waals surface area contributed by atoms with Gasteiger partial charge in [0, 0.05) is 16.7 Å². The van der Waals surface area contributed by atoms with Crippen LogP contribution in [0.4, 0.5) is 0 Å². The molecule has 1 N–H and O–H groups in total. The minimum Gasteiger partial charge on any atom is -0.609 e. The number of aromatic amines is 1. The Kier molecular flexibility index (Phi) is 3.27. The van der Waals surface area contributed by atoms with Crippen LogP contribution < -0.4 is 0 Å². The van der Waals surface area contributed by atoms with Gasteiger partial charge in [0.2, 0.25) is 0 Å². The predicted molar refractivity (Wildman–Crippen MR) is 77.4 cm³/mol. The molecule has 2 aromatic carbocycles. The van der Waals surface area contributed by atoms with Crippen LogP contribution in [0.25, 0.3) is 11.0 Å². The summed E-state index contributed by atoms with van der Waals surface area (Å²) in [7, 11) is 0. The van der Waals surface area contributed by atoms with E-state index in [4.69, 9.17) is 0 Å². The molecular weight excluding hydrogens is 256 g/mol. The van der Waals surface area contributed by atoms with Crippen LogP contribution in [0.2, 0.25) is 0 Å². The molecule has 3 rings (SSSR count). The molecule has 19 heavy (non-hydrogen) atoms. The molecule has 0 bridgehead atoms. The normalized spacial score (nSPS) is 12.7. The molecule has 96 valence electrons. The Morgan fingerprint density at radius 1 is 1.16 bits per heavy atom. The van der Waals surface area contributed by atoms with Crippen molar-refractivity contribution in [3.05, 3.63) is 59.7 Å². The molecule has 1 atom stereocenters. The molecule has 3 nitrogen and oxygen atoms in total. The first kappa shape index (κ1) is 12.3. The summed E-state index contributed by atoms with van der Waals surface area (Å²) in [6.45, 7) is 2.04. The van der Waals surface area contributed by atoms with Crippen LogP contribution in [0.15, 0.2) is 53.7 Å². The molecule has 0 saturated carbocycles. The van der Waals surface area contributed by atoms with Crippen LogP contribution in [0.1, 0.15) is 11.1 Å². The summed E-state index contributed by atoms with van der Waals surface area (Å²) in [5, 5.41) is 0.544. The fourth-order valence-corrected chi connectivity index (χ4v) is 3.10. The van der Waals surface area contributed by atoms with Gasteiger partial charge in [-0.2, -0.15) is 4.98 Å². The molecule has 0 fully saturated rings. The average Bonchev–Trinajstić information content (AvgIpc) is 2.82. The van der Waals surface area contributed by atoms with Gasteiger partial charge in [-0.3, -0.25) is 4.98 Å². The van der Waals surface area contributed by atoms with Gasteiger partial charge in [0.1, 0.15) is 5.75 Å². The van der Waals surface area contributed by atoms with Crippen LogP contribution in [-0.4, -0.2) is 14.5 Å². The molecule has 0 amide bonds. The highest BCUT2D eigenvalue weighted by atomic mass is 32.2. The Hall–Kier alpha value is -1.78. The van der Waals surface area contributed by atoms with E-state index in [9.17, 15) is 4.55 Å². The van der Waals surface area contributed by atoms with Gasteiger partial charge in [-0.05, 0) is 19.1 Å². The van der Waals surface area contributed by atoms with Gasteiger partial charge >= 0.3 is 5.16 Å². The van der Waals surface area contributed by atoms with Crippen molar-refractivity contribution >= 4 is 22.2 Å². The van der Waals surface area contributed by atoms with Gasteiger partial charge in [0.25, 0.3) is 0 Å². The van der Waals surface area contributed by atoms with E-state index < -0.39 is 11.2 Å². The number of fused-ring (bicyclic) bond motifs is 1. The molecule has 1 aromatic heterocycles. The van der Waals surface area contributed by atoms with E-state index in [1.807, 2.05) is 49.4 Å². The van der Waals surface area contributed by atoms with Gasteiger partial charge in [-0.25, -0.2) is 0 Å². The van der Waals surface area contributed by atoms with E-state index >= 15 is 0 Å². The number of hydrogen-bond acceptors (Lipinski definition) is 2. The minimum absolute atomic E-state index is 0.488. The number of imidazole rings is 1. The van der Waals surface area contributed by atoms with Gasteiger partial charge in [-0.1, -0.05) is 42.0 Å². The van der Waals surface area contributed by atoms with E-state index in [0.29, 0.717) is 10.9 Å². The molecule has 0 saturated heterocycles. The van der Waals surface area contributed by atoms with Crippen molar-refractivity contribution in [3.63, 3.8) is 0 Å². The number of H-pyrrole nitrogens is 1. The highest BCUT2D eigenvalue weighted by Crippen LogP contribution is 2.18. The lowest BCUT2D eigenvalue weighted by atomic mass is 10.2. The summed E-state index contributed by atoms with van der Waals surface area (Å²) >= 11 is -1.14. The Balaban J connectivity index is 1.85. The summed E-state index contributed by atoms with van der Waals surface area (Å²) in [4.78, 5) is 7.49. The molecule has 3 aromatic rings. The fourth-order valence-electron chi connectivity index (χ4n) is 2.06.